The Morgan fingerprint density at radius 2 is 2.15 bits per heavy atom. The van der Waals surface area contributed by atoms with E-state index >= 15 is 0 Å². The molecule has 0 heterocycles. The summed E-state index contributed by atoms with van der Waals surface area (Å²) in [5.74, 6) is -1.05. The van der Waals surface area contributed by atoms with Crippen molar-refractivity contribution in [2.75, 3.05) is 6.54 Å². The number of hydrogen-bond acceptors (Lipinski definition) is 2. The molecule has 1 aliphatic carbocycles. The van der Waals surface area contributed by atoms with Crippen LogP contribution >= 0.6 is 0 Å². The molecule has 1 fully saturated rings. The molecule has 2 N–H and O–H groups in total. The Kier molecular flexibility index (Phi) is 2.40. The van der Waals surface area contributed by atoms with Crippen molar-refractivity contribution >= 4 is 11.9 Å². The Bertz CT molecular complexity index is 262. The van der Waals surface area contributed by atoms with Crippen LogP contribution in [0.15, 0.2) is 12.2 Å². The quantitative estimate of drug-likeness (QED) is 0.628. The van der Waals surface area contributed by atoms with E-state index in [0.717, 1.165) is 5.57 Å². The first kappa shape index (κ1) is 9.77. The predicted octanol–water partition coefficient (Wildman–Crippen LogP) is 0.543. The Morgan fingerprint density at radius 1 is 1.62 bits per heavy atom. The number of aliphatic carboxylic acids is 1. The molecule has 0 saturated heterocycles. The van der Waals surface area contributed by atoms with E-state index < -0.39 is 11.4 Å². The summed E-state index contributed by atoms with van der Waals surface area (Å²) in [6.45, 7) is 5.27. The molecule has 0 aromatic rings. The van der Waals surface area contributed by atoms with Crippen LogP contribution in [0.3, 0.4) is 0 Å². The van der Waals surface area contributed by atoms with Crippen molar-refractivity contribution in [3.05, 3.63) is 12.2 Å². The van der Waals surface area contributed by atoms with Gasteiger partial charge in [-0.3, -0.25) is 9.59 Å². The monoisotopic (exact) mass is 183 g/mol. The first-order valence-electron chi connectivity index (χ1n) is 4.11. The number of carboxylic acid groups (broad SMARTS) is 1. The van der Waals surface area contributed by atoms with Crippen LogP contribution in [0.1, 0.15) is 19.8 Å². The lowest BCUT2D eigenvalue weighted by Gasteiger charge is -2.39. The maximum atomic E-state index is 10.9. The number of nitrogens with one attached hydrogen (secondary N) is 1. The third-order valence-corrected chi connectivity index (χ3v) is 2.31. The average Bonchev–Trinajstić information content (AvgIpc) is 1.94. The molecule has 0 unspecified atom stereocenters. The van der Waals surface area contributed by atoms with Gasteiger partial charge in [-0.25, -0.2) is 0 Å². The lowest BCUT2D eigenvalue weighted by molar-refractivity contribution is -0.151. The molecule has 0 atom stereocenters. The van der Waals surface area contributed by atoms with E-state index in [1.807, 2.05) is 0 Å². The molecule has 0 aromatic heterocycles. The zero-order chi connectivity index (χ0) is 10.1. The zero-order valence-electron chi connectivity index (χ0n) is 7.59. The summed E-state index contributed by atoms with van der Waals surface area (Å²) in [5, 5.41) is 11.5. The van der Waals surface area contributed by atoms with Crippen LogP contribution in [-0.2, 0) is 9.59 Å². The van der Waals surface area contributed by atoms with Gasteiger partial charge in [0.2, 0.25) is 5.91 Å². The van der Waals surface area contributed by atoms with Crippen LogP contribution < -0.4 is 5.32 Å². The molecule has 0 radical (unpaired) electrons. The second-order valence-electron chi connectivity index (χ2n) is 3.60. The smallest absolute Gasteiger partial charge is 0.312 e. The van der Waals surface area contributed by atoms with E-state index in [4.69, 9.17) is 5.11 Å². The SMILES string of the molecule is C=C1CC(CNC(C)=O)(C(=O)O)C1. The molecule has 1 saturated carbocycles. The maximum absolute atomic E-state index is 10.9. The lowest BCUT2D eigenvalue weighted by atomic mass is 9.66. The number of amides is 1. The minimum atomic E-state index is -0.853. The van der Waals surface area contributed by atoms with E-state index in [0.29, 0.717) is 12.8 Å². The second kappa shape index (κ2) is 3.20. The van der Waals surface area contributed by atoms with Crippen molar-refractivity contribution in [2.24, 2.45) is 5.41 Å². The van der Waals surface area contributed by atoms with Crippen LogP contribution in [0.25, 0.3) is 0 Å². The molecule has 0 bridgehead atoms. The highest BCUT2D eigenvalue weighted by Gasteiger charge is 2.46. The van der Waals surface area contributed by atoms with Gasteiger partial charge in [0.15, 0.2) is 0 Å². The summed E-state index contributed by atoms with van der Waals surface area (Å²) in [6.07, 6.45) is 0.950. The highest BCUT2D eigenvalue weighted by atomic mass is 16.4. The molecule has 4 nitrogen and oxygen atoms in total. The molecule has 0 aliphatic heterocycles. The Hall–Kier alpha value is -1.32. The molecule has 1 amide bonds. The van der Waals surface area contributed by atoms with Crippen molar-refractivity contribution in [1.29, 1.82) is 0 Å². The largest absolute Gasteiger partial charge is 0.481 e. The normalized spacial score (nSPS) is 19.0. The van der Waals surface area contributed by atoms with Gasteiger partial charge in [0.1, 0.15) is 0 Å². The van der Waals surface area contributed by atoms with Crippen LogP contribution in [-0.4, -0.2) is 23.5 Å². The van der Waals surface area contributed by atoms with E-state index in [1.165, 1.54) is 6.92 Å². The zero-order valence-corrected chi connectivity index (χ0v) is 7.59. The summed E-state index contributed by atoms with van der Waals surface area (Å²) in [5.41, 5.74) is 0.149. The Labute approximate surface area is 76.6 Å². The predicted molar refractivity (Wildman–Crippen MR) is 47.1 cm³/mol. The number of allylic oxidation sites excluding steroid dienone is 1. The summed E-state index contributed by atoms with van der Waals surface area (Å²) in [6, 6.07) is 0. The van der Waals surface area contributed by atoms with Gasteiger partial charge in [0.05, 0.1) is 5.41 Å². The van der Waals surface area contributed by atoms with Crippen molar-refractivity contribution in [1.82, 2.24) is 5.32 Å². The first-order chi connectivity index (χ1) is 5.96. The molecule has 0 spiro atoms. The van der Waals surface area contributed by atoms with Crippen LogP contribution in [0.4, 0.5) is 0 Å². The van der Waals surface area contributed by atoms with Gasteiger partial charge in [-0.1, -0.05) is 12.2 Å². The van der Waals surface area contributed by atoms with E-state index in [1.54, 1.807) is 0 Å². The first-order valence-corrected chi connectivity index (χ1v) is 4.11. The molecule has 1 aliphatic rings. The van der Waals surface area contributed by atoms with Gasteiger partial charge in [0.25, 0.3) is 0 Å². The topological polar surface area (TPSA) is 66.4 Å². The Morgan fingerprint density at radius 3 is 2.46 bits per heavy atom. The van der Waals surface area contributed by atoms with Crippen molar-refractivity contribution < 1.29 is 14.7 Å². The number of rotatable bonds is 3. The van der Waals surface area contributed by atoms with Crippen LogP contribution in [0, 0.1) is 5.41 Å². The van der Waals surface area contributed by atoms with Crippen molar-refractivity contribution in [3.8, 4) is 0 Å². The van der Waals surface area contributed by atoms with Crippen LogP contribution in [0.2, 0.25) is 0 Å². The average molecular weight is 183 g/mol. The van der Waals surface area contributed by atoms with E-state index in [2.05, 4.69) is 11.9 Å². The van der Waals surface area contributed by atoms with Crippen molar-refractivity contribution in [3.63, 3.8) is 0 Å². The fourth-order valence-corrected chi connectivity index (χ4v) is 1.55. The van der Waals surface area contributed by atoms with Gasteiger partial charge in [-0.2, -0.15) is 0 Å². The summed E-state index contributed by atoms with van der Waals surface area (Å²) in [7, 11) is 0. The number of carbonyl (C=O) groups excluding carboxylic acids is 1. The lowest BCUT2D eigenvalue weighted by Crippen LogP contribution is -2.48. The molecule has 72 valence electrons. The highest BCUT2D eigenvalue weighted by Crippen LogP contribution is 2.44. The minimum Gasteiger partial charge on any atom is -0.481 e. The fraction of sp³-hybridized carbons (Fsp3) is 0.556. The highest BCUT2D eigenvalue weighted by molar-refractivity contribution is 5.80. The number of hydrogen-bond donors (Lipinski definition) is 2. The number of carbonyl (C=O) groups is 2. The van der Waals surface area contributed by atoms with Gasteiger partial charge in [-0.05, 0) is 12.8 Å². The van der Waals surface area contributed by atoms with Gasteiger partial charge in [-0.15, -0.1) is 0 Å². The summed E-state index contributed by atoms with van der Waals surface area (Å²) < 4.78 is 0. The maximum Gasteiger partial charge on any atom is 0.312 e. The van der Waals surface area contributed by atoms with E-state index in [9.17, 15) is 9.59 Å². The third-order valence-electron chi connectivity index (χ3n) is 2.31. The summed E-state index contributed by atoms with van der Waals surface area (Å²) >= 11 is 0. The molecular formula is C9H13NO3. The molecule has 13 heavy (non-hydrogen) atoms. The standard InChI is InChI=1S/C9H13NO3/c1-6-3-9(4-6,8(12)13)5-10-7(2)11/h1,3-5H2,2H3,(H,10,11)(H,12,13). The molecule has 0 aromatic carbocycles. The third kappa shape index (κ3) is 1.88. The van der Waals surface area contributed by atoms with Gasteiger partial charge >= 0.3 is 5.97 Å². The van der Waals surface area contributed by atoms with E-state index in [-0.39, 0.29) is 12.5 Å². The summed E-state index contributed by atoms with van der Waals surface area (Å²) in [4.78, 5) is 21.5. The minimum absolute atomic E-state index is 0.196. The molecular weight excluding hydrogens is 170 g/mol. The molecule has 1 rings (SSSR count). The van der Waals surface area contributed by atoms with Gasteiger partial charge in [0, 0.05) is 13.5 Å². The second-order valence-corrected chi connectivity index (χ2v) is 3.60. The van der Waals surface area contributed by atoms with Gasteiger partial charge < -0.3 is 10.4 Å². The fourth-order valence-electron chi connectivity index (χ4n) is 1.55. The van der Waals surface area contributed by atoms with Crippen molar-refractivity contribution in [2.45, 2.75) is 19.8 Å². The van der Waals surface area contributed by atoms with Crippen LogP contribution in [0.5, 0.6) is 0 Å². The number of carboxylic acids is 1. The molecule has 4 heteroatoms. The Balaban J connectivity index is 2.55.